The second-order valence-corrected chi connectivity index (χ2v) is 9.79. The highest BCUT2D eigenvalue weighted by atomic mass is 32.2. The van der Waals surface area contributed by atoms with Crippen LogP contribution in [-0.2, 0) is 17.0 Å². The van der Waals surface area contributed by atoms with Gasteiger partial charge in [0.15, 0.2) is 0 Å². The summed E-state index contributed by atoms with van der Waals surface area (Å²) in [5.74, 6) is 1.67. The van der Waals surface area contributed by atoms with E-state index in [1.807, 2.05) is 72.9 Å². The van der Waals surface area contributed by atoms with Gasteiger partial charge >= 0.3 is 0 Å². The van der Waals surface area contributed by atoms with Crippen LogP contribution in [0.3, 0.4) is 0 Å². The van der Waals surface area contributed by atoms with E-state index >= 15 is 0 Å². The van der Waals surface area contributed by atoms with Crippen LogP contribution in [0.5, 0.6) is 0 Å². The van der Waals surface area contributed by atoms with Crippen LogP contribution >= 0.6 is 23.1 Å². The summed E-state index contributed by atoms with van der Waals surface area (Å²) in [6.45, 7) is 3.96. The van der Waals surface area contributed by atoms with Crippen molar-refractivity contribution in [3.05, 3.63) is 69.9 Å². The minimum Gasteiger partial charge on any atom is -0.332 e. The van der Waals surface area contributed by atoms with E-state index in [1.54, 1.807) is 18.4 Å². The first-order valence-electron chi connectivity index (χ1n) is 9.92. The van der Waals surface area contributed by atoms with Crippen molar-refractivity contribution < 1.29 is 9.59 Å². The third-order valence-electron chi connectivity index (χ3n) is 5.25. The minimum absolute atomic E-state index is 0.0106. The molecule has 3 heterocycles. The van der Waals surface area contributed by atoms with Gasteiger partial charge in [0.25, 0.3) is 5.91 Å². The highest BCUT2D eigenvalue weighted by Crippen LogP contribution is 2.38. The predicted octanol–water partition coefficient (Wildman–Crippen LogP) is 4.66. The van der Waals surface area contributed by atoms with E-state index in [-0.39, 0.29) is 18.4 Å². The topological polar surface area (TPSA) is 54.3 Å². The van der Waals surface area contributed by atoms with Gasteiger partial charge in [-0.05, 0) is 60.9 Å². The van der Waals surface area contributed by atoms with Gasteiger partial charge < -0.3 is 14.8 Å². The zero-order valence-corrected chi connectivity index (χ0v) is 19.0. The van der Waals surface area contributed by atoms with Gasteiger partial charge in [0.2, 0.25) is 5.91 Å². The summed E-state index contributed by atoms with van der Waals surface area (Å²) < 4.78 is 2.00. The van der Waals surface area contributed by atoms with Gasteiger partial charge in [-0.1, -0.05) is 12.1 Å². The summed E-state index contributed by atoms with van der Waals surface area (Å²) in [5.41, 5.74) is 4.77. The lowest BCUT2D eigenvalue weighted by molar-refractivity contribution is -0.116. The Morgan fingerprint density at radius 2 is 1.97 bits per heavy atom. The number of carbonyl (C=O) groups is 2. The third-order valence-corrected chi connectivity index (χ3v) is 7.66. The Balaban J connectivity index is 1.56. The Kier molecular flexibility index (Phi) is 6.01. The highest BCUT2D eigenvalue weighted by Gasteiger charge is 2.28. The number of hydrogen-bond acceptors (Lipinski definition) is 4. The molecule has 2 aromatic heterocycles. The largest absolute Gasteiger partial charge is 0.332 e. The van der Waals surface area contributed by atoms with Crippen molar-refractivity contribution in [1.82, 2.24) is 9.47 Å². The molecule has 0 bridgehead atoms. The van der Waals surface area contributed by atoms with Crippen molar-refractivity contribution in [3.8, 4) is 5.00 Å². The normalized spacial score (nSPS) is 13.0. The maximum atomic E-state index is 13.4. The first-order valence-corrected chi connectivity index (χ1v) is 11.9. The maximum absolute atomic E-state index is 13.4. The molecule has 0 radical (unpaired) electrons. The van der Waals surface area contributed by atoms with Crippen molar-refractivity contribution >= 4 is 40.6 Å². The summed E-state index contributed by atoms with van der Waals surface area (Å²) in [6.07, 6.45) is 4.82. The molecule has 1 N–H and O–H groups in total. The van der Waals surface area contributed by atoms with Crippen LogP contribution in [0.1, 0.15) is 31.9 Å². The molecule has 5 nitrogen and oxygen atoms in total. The first-order chi connectivity index (χ1) is 14.4. The molecule has 1 aliphatic rings. The van der Waals surface area contributed by atoms with Crippen LogP contribution in [-0.4, -0.2) is 40.6 Å². The number of carbonyl (C=O) groups excluding carboxylic acids is 2. The number of benzene rings is 1. The molecule has 0 aliphatic carbocycles. The third kappa shape index (κ3) is 4.18. The Morgan fingerprint density at radius 3 is 2.73 bits per heavy atom. The number of amides is 2. The monoisotopic (exact) mass is 439 g/mol. The molecule has 0 saturated carbocycles. The van der Waals surface area contributed by atoms with Crippen LogP contribution in [0, 0.1) is 13.8 Å². The van der Waals surface area contributed by atoms with E-state index in [0.29, 0.717) is 0 Å². The Bertz CT molecular complexity index is 1090. The average molecular weight is 440 g/mol. The highest BCUT2D eigenvalue weighted by molar-refractivity contribution is 7.98. The molecule has 1 aliphatic heterocycles. The number of aryl methyl sites for hydroxylation is 2. The number of fused-ring (bicyclic) bond motifs is 1. The average Bonchev–Trinajstić information content (AvgIpc) is 3.37. The number of rotatable bonds is 5. The number of likely N-dealkylation sites (N-methyl/N-ethyl adjacent to an activating group) is 1. The molecule has 0 spiro atoms. The smallest absolute Gasteiger partial charge is 0.257 e. The number of hydrogen-bond donors (Lipinski definition) is 1. The van der Waals surface area contributed by atoms with Gasteiger partial charge in [0, 0.05) is 35.8 Å². The Morgan fingerprint density at radius 1 is 1.20 bits per heavy atom. The van der Waals surface area contributed by atoms with E-state index in [9.17, 15) is 9.59 Å². The maximum Gasteiger partial charge on any atom is 0.257 e. The van der Waals surface area contributed by atoms with Crippen molar-refractivity contribution in [2.75, 3.05) is 24.7 Å². The zero-order chi connectivity index (χ0) is 21.3. The Hall–Kier alpha value is -2.51. The van der Waals surface area contributed by atoms with Crippen LogP contribution in [0.2, 0.25) is 0 Å². The lowest BCUT2D eigenvalue weighted by atomic mass is 10.1. The molecule has 3 aromatic rings. The molecule has 30 heavy (non-hydrogen) atoms. The number of thiophene rings is 1. The van der Waals surface area contributed by atoms with Gasteiger partial charge in [-0.2, -0.15) is 11.8 Å². The van der Waals surface area contributed by atoms with E-state index in [4.69, 9.17) is 0 Å². The van der Waals surface area contributed by atoms with Crippen LogP contribution in [0.25, 0.3) is 5.00 Å². The van der Waals surface area contributed by atoms with Crippen molar-refractivity contribution in [2.24, 2.45) is 0 Å². The summed E-state index contributed by atoms with van der Waals surface area (Å²) in [4.78, 5) is 28.9. The van der Waals surface area contributed by atoms with E-state index in [0.717, 1.165) is 50.9 Å². The van der Waals surface area contributed by atoms with Crippen LogP contribution < -0.4 is 5.32 Å². The number of thioether (sulfide) groups is 1. The number of anilines is 1. The van der Waals surface area contributed by atoms with Gasteiger partial charge in [-0.3, -0.25) is 9.59 Å². The number of nitrogens with zero attached hydrogens (tertiary/aromatic N) is 2. The zero-order valence-electron chi connectivity index (χ0n) is 17.4. The van der Waals surface area contributed by atoms with Crippen molar-refractivity contribution in [1.29, 1.82) is 0 Å². The summed E-state index contributed by atoms with van der Waals surface area (Å²) in [5, 5.41) is 3.89. The molecule has 156 valence electrons. The molecule has 0 atom stereocenters. The van der Waals surface area contributed by atoms with Gasteiger partial charge in [-0.15, -0.1) is 11.3 Å². The summed E-state index contributed by atoms with van der Waals surface area (Å²) in [7, 11) is 1.70. The van der Waals surface area contributed by atoms with Crippen molar-refractivity contribution in [3.63, 3.8) is 0 Å². The SMILES string of the molecule is Cc1ccc(C)c(NC(=O)CN(C)C(=O)c2c(-n3cccc3)sc3c2CCSC3)c1. The predicted molar refractivity (Wildman–Crippen MR) is 125 cm³/mol. The molecule has 0 unspecified atom stereocenters. The fraction of sp³-hybridized carbons (Fsp3) is 0.304. The lowest BCUT2D eigenvalue weighted by Crippen LogP contribution is -2.35. The molecule has 0 fully saturated rings. The number of nitrogens with one attached hydrogen (secondary N) is 1. The van der Waals surface area contributed by atoms with Crippen LogP contribution in [0.15, 0.2) is 42.7 Å². The molecule has 7 heteroatoms. The molecular formula is C23H25N3O2S2. The second-order valence-electron chi connectivity index (χ2n) is 7.60. The van der Waals surface area contributed by atoms with Crippen molar-refractivity contribution in [2.45, 2.75) is 26.0 Å². The lowest BCUT2D eigenvalue weighted by Gasteiger charge is -2.20. The van der Waals surface area contributed by atoms with Gasteiger partial charge in [0.1, 0.15) is 5.00 Å². The quantitative estimate of drug-likeness (QED) is 0.629. The van der Waals surface area contributed by atoms with Gasteiger partial charge in [-0.25, -0.2) is 0 Å². The van der Waals surface area contributed by atoms with E-state index in [1.165, 1.54) is 9.78 Å². The first kappa shape index (κ1) is 20.8. The molecule has 4 rings (SSSR count). The van der Waals surface area contributed by atoms with E-state index < -0.39 is 0 Å². The number of aromatic nitrogens is 1. The van der Waals surface area contributed by atoms with Crippen LogP contribution in [0.4, 0.5) is 5.69 Å². The fourth-order valence-electron chi connectivity index (χ4n) is 3.63. The minimum atomic E-state index is -0.193. The molecule has 2 amide bonds. The standard InChI is InChI=1S/C23H25N3O2S2/c1-15-6-7-16(2)18(12-15)24-20(27)13-25(3)22(28)21-17-8-11-29-14-19(17)30-23(21)26-9-4-5-10-26/h4-7,9-10,12H,8,11,13-14H2,1-3H3,(H,24,27). The molecule has 1 aromatic carbocycles. The Labute approximate surface area is 185 Å². The summed E-state index contributed by atoms with van der Waals surface area (Å²) in [6, 6.07) is 9.87. The van der Waals surface area contributed by atoms with E-state index in [2.05, 4.69) is 5.32 Å². The fourth-order valence-corrected chi connectivity index (χ4v) is 6.07. The second kappa shape index (κ2) is 8.70. The summed E-state index contributed by atoms with van der Waals surface area (Å²) >= 11 is 3.59. The molecular weight excluding hydrogens is 414 g/mol. The molecule has 0 saturated heterocycles. The van der Waals surface area contributed by atoms with Gasteiger partial charge in [0.05, 0.1) is 12.1 Å².